The lowest BCUT2D eigenvalue weighted by Crippen LogP contribution is -2.46. The molecule has 0 saturated carbocycles. The van der Waals surface area contributed by atoms with Gasteiger partial charge in [-0.3, -0.25) is 24.2 Å². The van der Waals surface area contributed by atoms with E-state index in [1.807, 2.05) is 0 Å². The number of aliphatic hydroxyl groups is 2. The minimum absolute atomic E-state index is 0.0412. The number of carbonyl (C=O) groups excluding carboxylic acids is 4. The third-order valence-electron chi connectivity index (χ3n) is 10.5. The van der Waals surface area contributed by atoms with Crippen molar-refractivity contribution in [2.24, 2.45) is 28.7 Å². The number of methoxy groups -OCH3 is 1. The van der Waals surface area contributed by atoms with Gasteiger partial charge in [0.05, 0.1) is 53.5 Å². The van der Waals surface area contributed by atoms with Crippen molar-refractivity contribution in [2.75, 3.05) is 13.7 Å². The van der Waals surface area contributed by atoms with Crippen LogP contribution in [-0.2, 0) is 19.0 Å². The molecule has 7 bridgehead atoms. The van der Waals surface area contributed by atoms with Crippen LogP contribution in [0, 0.1) is 30.6 Å². The van der Waals surface area contributed by atoms with Crippen molar-refractivity contribution in [2.45, 2.75) is 85.6 Å². The lowest BCUT2D eigenvalue weighted by molar-refractivity contribution is -0.160. The number of aromatic hydroxyl groups is 1. The van der Waals surface area contributed by atoms with Crippen LogP contribution in [0.4, 0.5) is 0 Å². The van der Waals surface area contributed by atoms with Gasteiger partial charge in [0.15, 0.2) is 5.78 Å². The highest BCUT2D eigenvalue weighted by Crippen LogP contribution is 2.49. The van der Waals surface area contributed by atoms with Gasteiger partial charge < -0.3 is 39.6 Å². The van der Waals surface area contributed by atoms with E-state index in [0.717, 1.165) is 0 Å². The lowest BCUT2D eigenvalue weighted by Gasteiger charge is -2.38. The molecule has 51 heavy (non-hydrogen) atoms. The van der Waals surface area contributed by atoms with Gasteiger partial charge in [0.25, 0.3) is 5.78 Å². The summed E-state index contributed by atoms with van der Waals surface area (Å²) in [5.41, 5.74) is -0.0584. The van der Waals surface area contributed by atoms with Crippen molar-refractivity contribution in [3.05, 3.63) is 69.7 Å². The van der Waals surface area contributed by atoms with Crippen LogP contribution in [-0.4, -0.2) is 88.3 Å². The van der Waals surface area contributed by atoms with Crippen LogP contribution in [0.25, 0.3) is 0 Å². The lowest BCUT2D eigenvalue weighted by atomic mass is 9.78. The number of aliphatic hydroxyl groups excluding tert-OH is 2. The van der Waals surface area contributed by atoms with E-state index in [1.54, 1.807) is 52.8 Å². The number of benzene rings is 1. The number of phenols is 1. The molecular weight excluding hydrogens is 660 g/mol. The first-order valence-corrected chi connectivity index (χ1v) is 17.0. The van der Waals surface area contributed by atoms with Crippen molar-refractivity contribution in [1.29, 1.82) is 0 Å². The summed E-state index contributed by atoms with van der Waals surface area (Å²) in [7, 11) is 1.44. The maximum Gasteiger partial charge on any atom is 0.312 e. The summed E-state index contributed by atoms with van der Waals surface area (Å²) in [6.07, 6.45) is 4.23. The second-order valence-electron chi connectivity index (χ2n) is 14.0. The predicted molar refractivity (Wildman–Crippen MR) is 185 cm³/mol. The van der Waals surface area contributed by atoms with Crippen LogP contribution < -0.4 is 10.1 Å². The Morgan fingerprint density at radius 3 is 2.31 bits per heavy atom. The SMILES string of the molecule is COC1C=COC2(C)Oc3c(C)c(O)c4c(c3C2=O)C(=O)C2=C(NC(=NC2)C(C)=CC=CC(C)C(O)C(C)C(O)C(C)C(OC(C)=O)C1C)C4=O. The molecule has 0 spiro atoms. The number of nitrogens with zero attached hydrogens (tertiary/aromatic N) is 1. The number of carbonyl (C=O) groups is 4. The van der Waals surface area contributed by atoms with Crippen LogP contribution in [0.5, 0.6) is 11.5 Å². The van der Waals surface area contributed by atoms with Gasteiger partial charge in [-0.1, -0.05) is 45.9 Å². The Bertz CT molecular complexity index is 1820. The van der Waals surface area contributed by atoms with E-state index in [-0.39, 0.29) is 45.8 Å². The zero-order valence-electron chi connectivity index (χ0n) is 30.3. The largest absolute Gasteiger partial charge is 0.507 e. The Hall–Kier alpha value is -4.59. The molecule has 0 amide bonds. The topological polar surface area (TPSA) is 190 Å². The maximum absolute atomic E-state index is 14.1. The van der Waals surface area contributed by atoms with Crippen LogP contribution in [0.15, 0.2) is 52.4 Å². The summed E-state index contributed by atoms with van der Waals surface area (Å²) in [5, 5.41) is 36.9. The van der Waals surface area contributed by atoms with E-state index in [1.165, 1.54) is 40.2 Å². The van der Waals surface area contributed by atoms with Crippen LogP contribution in [0.3, 0.4) is 0 Å². The van der Waals surface area contributed by atoms with Crippen LogP contribution in [0.1, 0.15) is 85.1 Å². The molecule has 7 rings (SSSR count). The summed E-state index contributed by atoms with van der Waals surface area (Å²) in [6, 6.07) is 0. The van der Waals surface area contributed by atoms with Crippen molar-refractivity contribution in [1.82, 2.24) is 5.32 Å². The molecule has 5 heterocycles. The van der Waals surface area contributed by atoms with E-state index < -0.39 is 82.9 Å². The first-order chi connectivity index (χ1) is 23.9. The highest BCUT2D eigenvalue weighted by molar-refractivity contribution is 6.33. The number of hydrogen-bond acceptors (Lipinski definition) is 13. The Morgan fingerprint density at radius 1 is 0.980 bits per heavy atom. The smallest absolute Gasteiger partial charge is 0.312 e. The summed E-state index contributed by atoms with van der Waals surface area (Å²) in [6.45, 7) is 12.7. The number of allylic oxidation sites excluding steroid dienone is 3. The van der Waals surface area contributed by atoms with Crippen LogP contribution in [0.2, 0.25) is 0 Å². The van der Waals surface area contributed by atoms with E-state index >= 15 is 0 Å². The molecule has 0 aromatic heterocycles. The van der Waals surface area contributed by atoms with Crippen molar-refractivity contribution < 1.29 is 53.4 Å². The second-order valence-corrected chi connectivity index (χ2v) is 14.0. The highest BCUT2D eigenvalue weighted by Gasteiger charge is 2.52. The molecule has 4 N–H and O–H groups in total. The summed E-state index contributed by atoms with van der Waals surface area (Å²) in [4.78, 5) is 58.8. The monoisotopic (exact) mass is 706 g/mol. The van der Waals surface area contributed by atoms with Crippen LogP contribution >= 0.6 is 0 Å². The van der Waals surface area contributed by atoms with Gasteiger partial charge in [-0.05, 0) is 25.5 Å². The number of aliphatic imine (C=N–C) groups is 1. The maximum atomic E-state index is 14.1. The highest BCUT2D eigenvalue weighted by atomic mass is 16.7. The first kappa shape index (κ1) is 37.7. The van der Waals surface area contributed by atoms with Gasteiger partial charge in [0, 0.05) is 55.8 Å². The molecule has 274 valence electrons. The Labute approximate surface area is 296 Å². The molecule has 9 atom stereocenters. The third-order valence-corrected chi connectivity index (χ3v) is 10.5. The number of phenolic OH excluding ortho intramolecular Hbond substituents is 1. The number of amidine groups is 1. The number of rotatable bonds is 2. The molecule has 0 fully saturated rings. The number of fused-ring (bicyclic) bond motifs is 1. The van der Waals surface area contributed by atoms with E-state index in [2.05, 4.69) is 10.3 Å². The normalized spacial score (nSPS) is 32.6. The predicted octanol–water partition coefficient (Wildman–Crippen LogP) is 3.89. The number of ketones is 3. The molecule has 5 aliphatic heterocycles. The molecule has 6 aliphatic rings. The fraction of sp³-hybridized carbons (Fsp3) is 0.500. The molecule has 9 unspecified atom stereocenters. The number of ether oxygens (including phenoxy) is 4. The summed E-state index contributed by atoms with van der Waals surface area (Å²) >= 11 is 0. The van der Waals surface area contributed by atoms with Crippen molar-refractivity contribution in [3.8, 4) is 11.5 Å². The van der Waals surface area contributed by atoms with Gasteiger partial charge >= 0.3 is 11.8 Å². The Balaban J connectivity index is 1.61. The fourth-order valence-electron chi connectivity index (χ4n) is 7.24. The van der Waals surface area contributed by atoms with Crippen molar-refractivity contribution >= 4 is 29.2 Å². The van der Waals surface area contributed by atoms with Gasteiger partial charge in [-0.15, -0.1) is 0 Å². The standard InChI is InChI=1S/C38H46N2O11/c1-16-11-10-12-17(2)37-39-15-23-28(40-37)33(46)26-25(32(23)45)27-35(21(6)31(26)44)51-38(8,36(27)47)49-14-13-24(48-9)18(3)34(50-22(7)41)20(5)30(43)19(4)29(16)42/h10-14,16,18-20,24,29-30,34,42-44H,15H2,1-9H3,(H,39,40). The number of nitrogens with one attached hydrogen (secondary N) is 1. The number of Topliss-reactive ketones (excluding diaryl/α,β-unsaturated/α-hetero) is 3. The quantitative estimate of drug-likeness (QED) is 0.325. The molecule has 0 radical (unpaired) electrons. The van der Waals surface area contributed by atoms with Gasteiger partial charge in [-0.2, -0.15) is 0 Å². The van der Waals surface area contributed by atoms with E-state index in [0.29, 0.717) is 11.4 Å². The minimum atomic E-state index is -2.00. The fourth-order valence-corrected chi connectivity index (χ4v) is 7.24. The Morgan fingerprint density at radius 2 is 1.67 bits per heavy atom. The number of hydrogen-bond donors (Lipinski definition) is 4. The second kappa shape index (κ2) is 14.2. The molecule has 13 heteroatoms. The first-order valence-electron chi connectivity index (χ1n) is 17.0. The summed E-state index contributed by atoms with van der Waals surface area (Å²) in [5.74, 6) is -7.11. The van der Waals surface area contributed by atoms with Crippen molar-refractivity contribution in [3.63, 3.8) is 0 Å². The van der Waals surface area contributed by atoms with Gasteiger partial charge in [-0.25, -0.2) is 0 Å². The molecule has 1 aromatic rings. The third kappa shape index (κ3) is 6.54. The molecule has 0 saturated heterocycles. The van der Waals surface area contributed by atoms with Gasteiger partial charge in [0.1, 0.15) is 23.4 Å². The average Bonchev–Trinajstić information content (AvgIpc) is 3.36. The minimum Gasteiger partial charge on any atom is -0.507 e. The molecule has 1 aliphatic carbocycles. The zero-order valence-corrected chi connectivity index (χ0v) is 30.3. The van der Waals surface area contributed by atoms with E-state index in [9.17, 15) is 34.5 Å². The summed E-state index contributed by atoms with van der Waals surface area (Å²) < 4.78 is 23.3. The van der Waals surface area contributed by atoms with Gasteiger partial charge in [0.2, 0.25) is 5.78 Å². The average molecular weight is 707 g/mol. The molecular formula is C38H46N2O11. The van der Waals surface area contributed by atoms with E-state index in [4.69, 9.17) is 18.9 Å². The number of esters is 1. The molecule has 13 nitrogen and oxygen atoms in total. The Kier molecular flexibility index (Phi) is 10.5. The molecule has 1 aromatic carbocycles. The zero-order chi connectivity index (χ0) is 37.7.